The van der Waals surface area contributed by atoms with Crippen molar-refractivity contribution in [2.75, 3.05) is 31.6 Å². The van der Waals surface area contributed by atoms with Crippen molar-refractivity contribution in [2.24, 2.45) is 0 Å². The van der Waals surface area contributed by atoms with E-state index in [0.717, 1.165) is 44.0 Å². The van der Waals surface area contributed by atoms with Gasteiger partial charge in [0.1, 0.15) is 5.82 Å². The molecule has 4 nitrogen and oxygen atoms in total. The van der Waals surface area contributed by atoms with Crippen molar-refractivity contribution in [2.45, 2.75) is 26.0 Å². The Balaban J connectivity index is 2.01. The molecule has 1 fully saturated rings. The Hall–Kier alpha value is -1.65. The second-order valence-electron chi connectivity index (χ2n) is 5.67. The van der Waals surface area contributed by atoms with Crippen LogP contribution in [0.25, 0.3) is 10.9 Å². The van der Waals surface area contributed by atoms with E-state index >= 15 is 0 Å². The lowest BCUT2D eigenvalue weighted by molar-refractivity contribution is 0.0820. The number of ether oxygens (including phenoxy) is 1. The summed E-state index contributed by atoms with van der Waals surface area (Å²) >= 11 is 0. The third-order valence-electron chi connectivity index (χ3n) is 3.93. The lowest BCUT2D eigenvalue weighted by atomic mass is 10.1. The smallest absolute Gasteiger partial charge is 0.129 e. The summed E-state index contributed by atoms with van der Waals surface area (Å²) < 4.78 is 5.74. The number of rotatable bonds is 3. The Morgan fingerprint density at radius 3 is 3.10 bits per heavy atom. The SMILES string of the molecule is CNCc1cc(N2CCCOC(C)C2)nc2ccccc12. The molecule has 1 aliphatic heterocycles. The predicted molar refractivity (Wildman–Crippen MR) is 86.8 cm³/mol. The van der Waals surface area contributed by atoms with Crippen molar-refractivity contribution in [1.29, 1.82) is 0 Å². The van der Waals surface area contributed by atoms with E-state index in [1.807, 2.05) is 7.05 Å². The van der Waals surface area contributed by atoms with E-state index in [0.29, 0.717) is 0 Å². The molecule has 0 aliphatic carbocycles. The topological polar surface area (TPSA) is 37.4 Å². The average molecular weight is 285 g/mol. The van der Waals surface area contributed by atoms with E-state index in [1.165, 1.54) is 10.9 Å². The van der Waals surface area contributed by atoms with Gasteiger partial charge < -0.3 is 15.0 Å². The van der Waals surface area contributed by atoms with E-state index in [2.05, 4.69) is 47.5 Å². The lowest BCUT2D eigenvalue weighted by Gasteiger charge is -2.24. The zero-order valence-corrected chi connectivity index (χ0v) is 12.8. The quantitative estimate of drug-likeness (QED) is 0.940. The molecule has 3 rings (SSSR count). The fourth-order valence-corrected chi connectivity index (χ4v) is 2.93. The van der Waals surface area contributed by atoms with Crippen LogP contribution < -0.4 is 10.2 Å². The molecule has 112 valence electrons. The van der Waals surface area contributed by atoms with Crippen molar-refractivity contribution in [3.05, 3.63) is 35.9 Å². The van der Waals surface area contributed by atoms with Gasteiger partial charge in [-0.15, -0.1) is 0 Å². The van der Waals surface area contributed by atoms with Gasteiger partial charge in [0.25, 0.3) is 0 Å². The summed E-state index contributed by atoms with van der Waals surface area (Å²) in [5.41, 5.74) is 2.37. The highest BCUT2D eigenvalue weighted by Crippen LogP contribution is 2.24. The van der Waals surface area contributed by atoms with Gasteiger partial charge in [0, 0.05) is 31.6 Å². The van der Waals surface area contributed by atoms with Crippen LogP contribution in [0, 0.1) is 0 Å². The third kappa shape index (κ3) is 3.17. The summed E-state index contributed by atoms with van der Waals surface area (Å²) in [5, 5.41) is 4.49. The van der Waals surface area contributed by atoms with E-state index < -0.39 is 0 Å². The van der Waals surface area contributed by atoms with Crippen LogP contribution in [0.1, 0.15) is 18.9 Å². The highest BCUT2D eigenvalue weighted by molar-refractivity contribution is 5.84. The summed E-state index contributed by atoms with van der Waals surface area (Å²) in [6.45, 7) is 5.75. The molecule has 1 unspecified atom stereocenters. The van der Waals surface area contributed by atoms with Gasteiger partial charge in [0.05, 0.1) is 11.6 Å². The number of aromatic nitrogens is 1. The minimum Gasteiger partial charge on any atom is -0.377 e. The number of para-hydroxylation sites is 1. The van der Waals surface area contributed by atoms with Crippen molar-refractivity contribution in [1.82, 2.24) is 10.3 Å². The van der Waals surface area contributed by atoms with Crippen LogP contribution >= 0.6 is 0 Å². The molecule has 2 aromatic rings. The van der Waals surface area contributed by atoms with Gasteiger partial charge in [0.2, 0.25) is 0 Å². The third-order valence-corrected chi connectivity index (χ3v) is 3.93. The molecule has 1 atom stereocenters. The maximum Gasteiger partial charge on any atom is 0.129 e. The molecule has 4 heteroatoms. The molecule has 0 amide bonds. The Bertz CT molecular complexity index is 614. The first-order chi connectivity index (χ1) is 10.3. The molecular formula is C17H23N3O. The van der Waals surface area contributed by atoms with E-state index in [9.17, 15) is 0 Å². The molecule has 1 N–H and O–H groups in total. The summed E-state index contributed by atoms with van der Waals surface area (Å²) in [7, 11) is 1.98. The summed E-state index contributed by atoms with van der Waals surface area (Å²) in [4.78, 5) is 7.21. The standard InChI is InChI=1S/C17H23N3O/c1-13-12-20(8-5-9-21-13)17-10-14(11-18-2)15-6-3-4-7-16(15)19-17/h3-4,6-7,10,13,18H,5,8-9,11-12H2,1-2H3. The van der Waals surface area contributed by atoms with E-state index in [1.54, 1.807) is 0 Å². The van der Waals surface area contributed by atoms with Crippen molar-refractivity contribution in [3.8, 4) is 0 Å². The number of benzene rings is 1. The fraction of sp³-hybridized carbons (Fsp3) is 0.471. The zero-order valence-electron chi connectivity index (χ0n) is 12.8. The maximum absolute atomic E-state index is 5.74. The second kappa shape index (κ2) is 6.41. The average Bonchev–Trinajstić information content (AvgIpc) is 2.72. The number of hydrogen-bond donors (Lipinski definition) is 1. The Kier molecular flexibility index (Phi) is 4.36. The number of nitrogens with zero attached hydrogens (tertiary/aromatic N) is 2. The van der Waals surface area contributed by atoms with Crippen molar-refractivity contribution in [3.63, 3.8) is 0 Å². The first-order valence-electron chi connectivity index (χ1n) is 7.68. The van der Waals surface area contributed by atoms with Gasteiger partial charge in [-0.05, 0) is 38.1 Å². The normalized spacial score (nSPS) is 19.7. The Morgan fingerprint density at radius 1 is 1.38 bits per heavy atom. The first-order valence-corrected chi connectivity index (χ1v) is 7.68. The van der Waals surface area contributed by atoms with Gasteiger partial charge in [-0.25, -0.2) is 4.98 Å². The monoisotopic (exact) mass is 285 g/mol. The maximum atomic E-state index is 5.74. The number of anilines is 1. The largest absolute Gasteiger partial charge is 0.377 e. The molecule has 21 heavy (non-hydrogen) atoms. The van der Waals surface area contributed by atoms with Crippen molar-refractivity contribution >= 4 is 16.7 Å². The molecule has 0 bridgehead atoms. The van der Waals surface area contributed by atoms with E-state index in [4.69, 9.17) is 9.72 Å². The summed E-state index contributed by atoms with van der Waals surface area (Å²) in [6.07, 6.45) is 1.31. The second-order valence-corrected chi connectivity index (χ2v) is 5.67. The zero-order chi connectivity index (χ0) is 14.7. The highest BCUT2D eigenvalue weighted by atomic mass is 16.5. The predicted octanol–water partition coefficient (Wildman–Crippen LogP) is 2.57. The van der Waals surface area contributed by atoms with Gasteiger partial charge >= 0.3 is 0 Å². The van der Waals surface area contributed by atoms with Crippen LogP contribution in [0.2, 0.25) is 0 Å². The molecule has 1 aliphatic rings. The molecule has 0 saturated carbocycles. The van der Waals surface area contributed by atoms with Crippen LogP contribution in [0.4, 0.5) is 5.82 Å². The minimum atomic E-state index is 0.258. The molecule has 2 heterocycles. The number of pyridine rings is 1. The first kappa shape index (κ1) is 14.3. The molecule has 0 spiro atoms. The number of nitrogens with one attached hydrogen (secondary N) is 1. The summed E-state index contributed by atoms with van der Waals surface area (Å²) in [6, 6.07) is 10.6. The molecule has 1 aromatic carbocycles. The highest BCUT2D eigenvalue weighted by Gasteiger charge is 2.17. The van der Waals surface area contributed by atoms with Gasteiger partial charge in [-0.3, -0.25) is 0 Å². The fourth-order valence-electron chi connectivity index (χ4n) is 2.93. The van der Waals surface area contributed by atoms with Crippen molar-refractivity contribution < 1.29 is 4.74 Å². The number of hydrogen-bond acceptors (Lipinski definition) is 4. The van der Waals surface area contributed by atoms with Crippen LogP contribution in [0.5, 0.6) is 0 Å². The molecule has 1 saturated heterocycles. The molecular weight excluding hydrogens is 262 g/mol. The minimum absolute atomic E-state index is 0.258. The summed E-state index contributed by atoms with van der Waals surface area (Å²) in [5.74, 6) is 1.07. The number of fused-ring (bicyclic) bond motifs is 1. The van der Waals surface area contributed by atoms with Crippen LogP contribution in [0.15, 0.2) is 30.3 Å². The van der Waals surface area contributed by atoms with Crippen LogP contribution in [0.3, 0.4) is 0 Å². The Morgan fingerprint density at radius 2 is 2.24 bits per heavy atom. The van der Waals surface area contributed by atoms with E-state index in [-0.39, 0.29) is 6.10 Å². The molecule has 0 radical (unpaired) electrons. The lowest BCUT2D eigenvalue weighted by Crippen LogP contribution is -2.31. The van der Waals surface area contributed by atoms with Crippen LogP contribution in [-0.2, 0) is 11.3 Å². The van der Waals surface area contributed by atoms with Gasteiger partial charge in [-0.1, -0.05) is 18.2 Å². The van der Waals surface area contributed by atoms with Gasteiger partial charge in [0.15, 0.2) is 0 Å². The molecule has 1 aromatic heterocycles. The Labute approximate surface area is 126 Å². The van der Waals surface area contributed by atoms with Gasteiger partial charge in [-0.2, -0.15) is 0 Å². The van der Waals surface area contributed by atoms with Crippen LogP contribution in [-0.4, -0.2) is 37.8 Å².